The second-order valence-corrected chi connectivity index (χ2v) is 12.9. The van der Waals surface area contributed by atoms with Crippen LogP contribution in [0.2, 0.25) is 10.0 Å². The molecule has 220 valence electrons. The van der Waals surface area contributed by atoms with Crippen LogP contribution >= 0.6 is 23.2 Å². The number of sulfonamides is 1. The van der Waals surface area contributed by atoms with Crippen molar-refractivity contribution in [1.82, 2.24) is 14.5 Å². The summed E-state index contributed by atoms with van der Waals surface area (Å²) in [6.45, 7) is 1.88. The number of amides is 2. The van der Waals surface area contributed by atoms with Gasteiger partial charge in [0.05, 0.1) is 11.4 Å². The van der Waals surface area contributed by atoms with Crippen LogP contribution in [0.25, 0.3) is 10.8 Å². The lowest BCUT2D eigenvalue weighted by Gasteiger charge is -2.33. The number of halogens is 2. The number of rotatable bonds is 12. The highest BCUT2D eigenvalue weighted by atomic mass is 35.5. The van der Waals surface area contributed by atoms with Gasteiger partial charge < -0.3 is 10.2 Å². The van der Waals surface area contributed by atoms with Gasteiger partial charge in [0.25, 0.3) is 0 Å². The Morgan fingerprint density at radius 3 is 2.26 bits per heavy atom. The summed E-state index contributed by atoms with van der Waals surface area (Å²) in [5.41, 5.74) is 1.43. The molecule has 4 aromatic carbocycles. The molecule has 2 amide bonds. The minimum atomic E-state index is -4.02. The molecule has 4 rings (SSSR count). The molecule has 0 aromatic heterocycles. The summed E-state index contributed by atoms with van der Waals surface area (Å²) < 4.78 is 28.1. The number of carbonyl (C=O) groups excluding carboxylic acids is 2. The van der Waals surface area contributed by atoms with Crippen molar-refractivity contribution in [2.45, 2.75) is 37.2 Å². The lowest BCUT2D eigenvalue weighted by Crippen LogP contribution is -2.53. The lowest BCUT2D eigenvalue weighted by molar-refractivity contribution is -0.141. The van der Waals surface area contributed by atoms with Crippen molar-refractivity contribution in [1.29, 1.82) is 0 Å². The number of likely N-dealkylation sites (N-methyl/N-ethyl adjacent to an activating group) is 1. The summed E-state index contributed by atoms with van der Waals surface area (Å²) >= 11 is 12.6. The van der Waals surface area contributed by atoms with E-state index in [1.807, 2.05) is 61.5 Å². The highest BCUT2D eigenvalue weighted by molar-refractivity contribution is 7.89. The summed E-state index contributed by atoms with van der Waals surface area (Å²) in [5, 5.41) is 5.35. The zero-order valence-corrected chi connectivity index (χ0v) is 25.8. The standard InChI is InChI=1S/C32H33Cl2N3O4S/c1-3-17-35-32(39)30(18-23-9-5-4-6-10-23)37(21-26-13-15-27(33)20-29(26)34)31(38)22-36(2)42(40,41)28-16-14-24-11-7-8-12-25(24)19-28/h4-16,19-20,30H,3,17-18,21-22H2,1-2H3,(H,35,39)/t30-/m0/s1. The fraction of sp³-hybridized carbons (Fsp3) is 0.250. The molecule has 0 fully saturated rings. The average molecular weight is 627 g/mol. The first-order chi connectivity index (χ1) is 20.1. The van der Waals surface area contributed by atoms with Crippen LogP contribution in [0.15, 0.2) is 95.9 Å². The largest absolute Gasteiger partial charge is 0.354 e. The van der Waals surface area contributed by atoms with E-state index >= 15 is 0 Å². The van der Waals surface area contributed by atoms with Crippen LogP contribution in [0.5, 0.6) is 0 Å². The van der Waals surface area contributed by atoms with Gasteiger partial charge in [-0.2, -0.15) is 4.31 Å². The predicted molar refractivity (Wildman–Crippen MR) is 168 cm³/mol. The predicted octanol–water partition coefficient (Wildman–Crippen LogP) is 5.93. The zero-order valence-electron chi connectivity index (χ0n) is 23.5. The minimum Gasteiger partial charge on any atom is -0.354 e. The Bertz CT molecular complexity index is 1670. The van der Waals surface area contributed by atoms with Crippen molar-refractivity contribution >= 4 is 55.8 Å². The summed E-state index contributed by atoms with van der Waals surface area (Å²) in [4.78, 5) is 29.0. The molecule has 0 spiro atoms. The molecule has 42 heavy (non-hydrogen) atoms. The van der Waals surface area contributed by atoms with Crippen molar-refractivity contribution in [3.05, 3.63) is 112 Å². The van der Waals surface area contributed by atoms with Gasteiger partial charge >= 0.3 is 0 Å². The van der Waals surface area contributed by atoms with Crippen LogP contribution in [0.1, 0.15) is 24.5 Å². The molecular formula is C32H33Cl2N3O4S. The molecule has 0 aliphatic rings. The molecule has 7 nitrogen and oxygen atoms in total. The van der Waals surface area contributed by atoms with Crippen LogP contribution in [-0.4, -0.2) is 55.6 Å². The SMILES string of the molecule is CCCNC(=O)[C@H](Cc1ccccc1)N(Cc1ccc(Cl)cc1Cl)C(=O)CN(C)S(=O)(=O)c1ccc2ccccc2c1. The molecule has 0 saturated carbocycles. The van der Waals surface area contributed by atoms with Crippen molar-refractivity contribution in [3.63, 3.8) is 0 Å². The summed E-state index contributed by atoms with van der Waals surface area (Å²) in [6.07, 6.45) is 0.946. The maximum atomic E-state index is 14.0. The van der Waals surface area contributed by atoms with E-state index in [1.54, 1.807) is 30.3 Å². The smallest absolute Gasteiger partial charge is 0.243 e. The first-order valence-corrected chi connectivity index (χ1v) is 15.8. The molecule has 0 unspecified atom stereocenters. The number of carbonyl (C=O) groups is 2. The van der Waals surface area contributed by atoms with Gasteiger partial charge in [0.15, 0.2) is 0 Å². The number of hydrogen-bond donors (Lipinski definition) is 1. The van der Waals surface area contributed by atoms with E-state index in [1.165, 1.54) is 18.0 Å². The van der Waals surface area contributed by atoms with Gasteiger partial charge in [-0.05, 0) is 52.6 Å². The minimum absolute atomic E-state index is 0.0181. The van der Waals surface area contributed by atoms with E-state index in [0.717, 1.165) is 20.6 Å². The van der Waals surface area contributed by atoms with E-state index < -0.39 is 28.5 Å². The molecule has 10 heteroatoms. The topological polar surface area (TPSA) is 86.8 Å². The Hall–Kier alpha value is -3.43. The first-order valence-electron chi connectivity index (χ1n) is 13.6. The molecule has 0 bridgehead atoms. The monoisotopic (exact) mass is 625 g/mol. The molecule has 1 N–H and O–H groups in total. The van der Waals surface area contributed by atoms with Crippen molar-refractivity contribution in [2.24, 2.45) is 0 Å². The summed E-state index contributed by atoms with van der Waals surface area (Å²) in [5.74, 6) is -0.875. The van der Waals surface area contributed by atoms with Gasteiger partial charge in [0.1, 0.15) is 6.04 Å². The van der Waals surface area contributed by atoms with E-state index in [9.17, 15) is 18.0 Å². The van der Waals surface area contributed by atoms with Gasteiger partial charge in [-0.1, -0.05) is 96.9 Å². The maximum absolute atomic E-state index is 14.0. The zero-order chi connectivity index (χ0) is 30.3. The van der Waals surface area contributed by atoms with Gasteiger partial charge in [-0.3, -0.25) is 9.59 Å². The van der Waals surface area contributed by atoms with Crippen LogP contribution in [0.4, 0.5) is 0 Å². The van der Waals surface area contributed by atoms with Crippen LogP contribution in [-0.2, 0) is 32.6 Å². The van der Waals surface area contributed by atoms with Crippen LogP contribution in [0, 0.1) is 0 Å². The summed E-state index contributed by atoms with van der Waals surface area (Å²) in [6, 6.07) is 25.7. The molecule has 0 aliphatic carbocycles. The normalized spacial score (nSPS) is 12.3. The molecule has 1 atom stereocenters. The summed E-state index contributed by atoms with van der Waals surface area (Å²) in [7, 11) is -2.66. The average Bonchev–Trinajstić information content (AvgIpc) is 2.98. The third-order valence-corrected chi connectivity index (χ3v) is 9.35. The van der Waals surface area contributed by atoms with E-state index in [0.29, 0.717) is 28.6 Å². The second kappa shape index (κ2) is 14.2. The number of nitrogens with one attached hydrogen (secondary N) is 1. The Morgan fingerprint density at radius 2 is 1.57 bits per heavy atom. The third kappa shape index (κ3) is 7.69. The maximum Gasteiger partial charge on any atom is 0.243 e. The lowest BCUT2D eigenvalue weighted by atomic mass is 10.0. The highest BCUT2D eigenvalue weighted by Gasteiger charge is 2.33. The van der Waals surface area contributed by atoms with Crippen molar-refractivity contribution < 1.29 is 18.0 Å². The van der Waals surface area contributed by atoms with Crippen molar-refractivity contribution in [2.75, 3.05) is 20.1 Å². The third-order valence-electron chi connectivity index (χ3n) is 6.96. The number of nitrogens with zero attached hydrogens (tertiary/aromatic N) is 2. The molecule has 0 heterocycles. The van der Waals surface area contributed by atoms with E-state index in [2.05, 4.69) is 5.32 Å². The fourth-order valence-electron chi connectivity index (χ4n) is 4.63. The number of fused-ring (bicyclic) bond motifs is 1. The molecule has 0 radical (unpaired) electrons. The van der Waals surface area contributed by atoms with Gasteiger partial charge in [-0.25, -0.2) is 8.42 Å². The Labute approximate surface area is 257 Å². The van der Waals surface area contributed by atoms with E-state index in [-0.39, 0.29) is 23.8 Å². The van der Waals surface area contributed by atoms with Crippen LogP contribution < -0.4 is 5.32 Å². The van der Waals surface area contributed by atoms with E-state index in [4.69, 9.17) is 23.2 Å². The number of hydrogen-bond acceptors (Lipinski definition) is 4. The molecule has 0 aliphatic heterocycles. The van der Waals surface area contributed by atoms with Crippen LogP contribution in [0.3, 0.4) is 0 Å². The molecule has 4 aromatic rings. The molecular weight excluding hydrogens is 593 g/mol. The Morgan fingerprint density at radius 1 is 0.881 bits per heavy atom. The van der Waals surface area contributed by atoms with Gasteiger partial charge in [0.2, 0.25) is 21.8 Å². The quantitative estimate of drug-likeness (QED) is 0.211. The Kier molecular flexibility index (Phi) is 10.6. The highest BCUT2D eigenvalue weighted by Crippen LogP contribution is 2.25. The number of benzene rings is 4. The molecule has 0 saturated heterocycles. The van der Waals surface area contributed by atoms with Gasteiger partial charge in [0, 0.05) is 36.6 Å². The van der Waals surface area contributed by atoms with Gasteiger partial charge in [-0.15, -0.1) is 0 Å². The first kappa shape index (κ1) is 31.5. The Balaban J connectivity index is 1.68. The van der Waals surface area contributed by atoms with Crippen molar-refractivity contribution in [3.8, 4) is 0 Å². The fourth-order valence-corrected chi connectivity index (χ4v) is 6.25. The second-order valence-electron chi connectivity index (χ2n) is 10.0.